The second kappa shape index (κ2) is 10.7. The summed E-state index contributed by atoms with van der Waals surface area (Å²) in [4.78, 5) is 12.6. The molecule has 0 bridgehead atoms. The van der Waals surface area contributed by atoms with Gasteiger partial charge in [-0.05, 0) is 62.3 Å². The number of rotatable bonds is 10. The lowest BCUT2D eigenvalue weighted by Crippen LogP contribution is -2.38. The molecule has 0 radical (unpaired) electrons. The molecule has 3 aromatic rings. The zero-order valence-electron chi connectivity index (χ0n) is 18.1. The molecule has 0 aromatic heterocycles. The topological polar surface area (TPSA) is 47.6 Å². The summed E-state index contributed by atoms with van der Waals surface area (Å²) >= 11 is 0. The summed E-state index contributed by atoms with van der Waals surface area (Å²) in [5.74, 6) is 1.57. The molecule has 1 unspecified atom stereocenters. The van der Waals surface area contributed by atoms with Crippen molar-refractivity contribution in [2.45, 2.75) is 52.2 Å². The molecule has 30 heavy (non-hydrogen) atoms. The van der Waals surface area contributed by atoms with Gasteiger partial charge in [0.15, 0.2) is 6.10 Å². The third-order valence-corrected chi connectivity index (χ3v) is 4.92. The van der Waals surface area contributed by atoms with Gasteiger partial charge in [0.1, 0.15) is 11.5 Å². The molecule has 0 saturated heterocycles. The van der Waals surface area contributed by atoms with Gasteiger partial charge in [0.05, 0.1) is 6.10 Å². The van der Waals surface area contributed by atoms with E-state index in [1.165, 1.54) is 5.56 Å². The van der Waals surface area contributed by atoms with Gasteiger partial charge in [-0.15, -0.1) is 0 Å². The maximum Gasteiger partial charge on any atom is 0.261 e. The minimum atomic E-state index is -0.497. The van der Waals surface area contributed by atoms with Gasteiger partial charge in [0.25, 0.3) is 5.91 Å². The Morgan fingerprint density at radius 2 is 1.67 bits per heavy atom. The number of hydrogen-bond acceptors (Lipinski definition) is 3. The molecule has 0 heterocycles. The number of carbonyl (C=O) groups excluding carboxylic acids is 1. The summed E-state index contributed by atoms with van der Waals surface area (Å²) in [7, 11) is 0. The minimum Gasteiger partial charge on any atom is -0.491 e. The molecule has 1 amide bonds. The van der Waals surface area contributed by atoms with Crippen LogP contribution in [0.5, 0.6) is 11.5 Å². The number of ether oxygens (including phenoxy) is 2. The molecular weight excluding hydrogens is 374 g/mol. The van der Waals surface area contributed by atoms with Gasteiger partial charge >= 0.3 is 0 Å². The first-order valence-electron chi connectivity index (χ1n) is 10.7. The molecule has 0 saturated carbocycles. The first-order valence-corrected chi connectivity index (χ1v) is 10.7. The lowest BCUT2D eigenvalue weighted by molar-refractivity contribution is -0.128. The first-order chi connectivity index (χ1) is 14.6. The van der Waals surface area contributed by atoms with E-state index in [2.05, 4.69) is 17.4 Å². The predicted octanol–water partition coefficient (Wildman–Crippen LogP) is 5.53. The van der Waals surface area contributed by atoms with Crippen molar-refractivity contribution in [3.05, 3.63) is 72.3 Å². The first kappa shape index (κ1) is 21.7. The maximum atomic E-state index is 12.6. The zero-order chi connectivity index (χ0) is 21.3. The Bertz CT molecular complexity index is 945. The van der Waals surface area contributed by atoms with E-state index in [-0.39, 0.29) is 12.0 Å². The number of benzene rings is 3. The Kier molecular flexibility index (Phi) is 7.72. The fraction of sp³-hybridized carbons (Fsp3) is 0.346. The van der Waals surface area contributed by atoms with Crippen molar-refractivity contribution in [3.63, 3.8) is 0 Å². The normalized spacial score (nSPS) is 12.0. The Labute approximate surface area is 179 Å². The number of hydrogen-bond donors (Lipinski definition) is 1. The van der Waals surface area contributed by atoms with Gasteiger partial charge in [-0.25, -0.2) is 0 Å². The number of fused-ring (bicyclic) bond motifs is 1. The SMILES string of the molecule is CCC(Oc1cccc2ccccc12)C(=O)NCCCc1ccc(OC(C)C)cc1. The molecule has 4 heteroatoms. The molecule has 1 N–H and O–H groups in total. The van der Waals surface area contributed by atoms with Gasteiger partial charge in [-0.3, -0.25) is 4.79 Å². The van der Waals surface area contributed by atoms with Crippen LogP contribution in [0.2, 0.25) is 0 Å². The Morgan fingerprint density at radius 3 is 2.40 bits per heavy atom. The van der Waals surface area contributed by atoms with Gasteiger partial charge in [0, 0.05) is 11.9 Å². The highest BCUT2D eigenvalue weighted by molar-refractivity contribution is 5.89. The van der Waals surface area contributed by atoms with E-state index in [1.807, 2.05) is 75.4 Å². The summed E-state index contributed by atoms with van der Waals surface area (Å²) in [5, 5.41) is 5.15. The molecule has 0 aliphatic heterocycles. The van der Waals surface area contributed by atoms with Crippen molar-refractivity contribution in [2.75, 3.05) is 6.54 Å². The third kappa shape index (κ3) is 5.99. The Balaban J connectivity index is 1.48. The second-order valence-electron chi connectivity index (χ2n) is 7.70. The van der Waals surface area contributed by atoms with Crippen LogP contribution in [0, 0.1) is 0 Å². The van der Waals surface area contributed by atoms with Crippen molar-refractivity contribution in [1.82, 2.24) is 5.32 Å². The summed E-state index contributed by atoms with van der Waals surface area (Å²) in [6.45, 7) is 6.63. The average molecular weight is 406 g/mol. The molecule has 3 rings (SSSR count). The second-order valence-corrected chi connectivity index (χ2v) is 7.70. The molecule has 0 spiro atoms. The van der Waals surface area contributed by atoms with E-state index in [1.54, 1.807) is 0 Å². The van der Waals surface area contributed by atoms with Crippen LogP contribution in [0.25, 0.3) is 10.8 Å². The minimum absolute atomic E-state index is 0.0638. The van der Waals surface area contributed by atoms with E-state index < -0.39 is 6.10 Å². The summed E-state index contributed by atoms with van der Waals surface area (Å²) < 4.78 is 11.7. The van der Waals surface area contributed by atoms with Crippen LogP contribution in [-0.2, 0) is 11.2 Å². The average Bonchev–Trinajstić information content (AvgIpc) is 2.75. The smallest absolute Gasteiger partial charge is 0.261 e. The number of nitrogens with one attached hydrogen (secondary N) is 1. The summed E-state index contributed by atoms with van der Waals surface area (Å²) in [6, 6.07) is 22.1. The van der Waals surface area contributed by atoms with Crippen LogP contribution in [0.3, 0.4) is 0 Å². The maximum absolute atomic E-state index is 12.6. The standard InChI is InChI=1S/C26H31NO3/c1-4-24(30-25-13-7-11-21-10-5-6-12-23(21)25)26(28)27-18-8-9-20-14-16-22(17-15-20)29-19(2)3/h5-7,10-17,19,24H,4,8-9,18H2,1-3H3,(H,27,28). The van der Waals surface area contributed by atoms with Crippen molar-refractivity contribution >= 4 is 16.7 Å². The van der Waals surface area contributed by atoms with Crippen LogP contribution in [0.15, 0.2) is 66.7 Å². The van der Waals surface area contributed by atoms with Crippen LogP contribution < -0.4 is 14.8 Å². The van der Waals surface area contributed by atoms with Crippen molar-refractivity contribution < 1.29 is 14.3 Å². The molecule has 0 aliphatic rings. The number of aryl methyl sites for hydroxylation is 1. The molecule has 3 aromatic carbocycles. The van der Waals surface area contributed by atoms with Crippen LogP contribution in [-0.4, -0.2) is 24.7 Å². The highest BCUT2D eigenvalue weighted by atomic mass is 16.5. The van der Waals surface area contributed by atoms with Crippen LogP contribution >= 0.6 is 0 Å². The third-order valence-electron chi connectivity index (χ3n) is 4.92. The van der Waals surface area contributed by atoms with Crippen molar-refractivity contribution in [3.8, 4) is 11.5 Å². The molecule has 158 valence electrons. The van der Waals surface area contributed by atoms with Gasteiger partial charge in [0.2, 0.25) is 0 Å². The molecule has 0 aliphatic carbocycles. The largest absolute Gasteiger partial charge is 0.491 e. The zero-order valence-corrected chi connectivity index (χ0v) is 18.1. The highest BCUT2D eigenvalue weighted by Gasteiger charge is 2.18. The highest BCUT2D eigenvalue weighted by Crippen LogP contribution is 2.26. The fourth-order valence-electron chi connectivity index (χ4n) is 3.40. The van der Waals surface area contributed by atoms with Crippen molar-refractivity contribution in [2.24, 2.45) is 0 Å². The van der Waals surface area contributed by atoms with Crippen LogP contribution in [0.4, 0.5) is 0 Å². The van der Waals surface area contributed by atoms with Crippen LogP contribution in [0.1, 0.15) is 39.2 Å². The monoisotopic (exact) mass is 405 g/mol. The lowest BCUT2D eigenvalue weighted by Gasteiger charge is -2.18. The molecule has 4 nitrogen and oxygen atoms in total. The summed E-state index contributed by atoms with van der Waals surface area (Å²) in [5.41, 5.74) is 1.24. The summed E-state index contributed by atoms with van der Waals surface area (Å²) in [6.07, 6.45) is 2.08. The molecule has 1 atom stereocenters. The van der Waals surface area contributed by atoms with E-state index in [9.17, 15) is 4.79 Å². The number of carbonyl (C=O) groups is 1. The predicted molar refractivity (Wildman–Crippen MR) is 122 cm³/mol. The quantitative estimate of drug-likeness (QED) is 0.451. The number of amides is 1. The molecule has 0 fully saturated rings. The van der Waals surface area contributed by atoms with E-state index in [0.29, 0.717) is 13.0 Å². The van der Waals surface area contributed by atoms with E-state index >= 15 is 0 Å². The van der Waals surface area contributed by atoms with Gasteiger partial charge in [-0.1, -0.05) is 55.5 Å². The lowest BCUT2D eigenvalue weighted by atomic mass is 10.1. The van der Waals surface area contributed by atoms with Gasteiger partial charge < -0.3 is 14.8 Å². The van der Waals surface area contributed by atoms with E-state index in [4.69, 9.17) is 9.47 Å². The van der Waals surface area contributed by atoms with Crippen molar-refractivity contribution in [1.29, 1.82) is 0 Å². The van der Waals surface area contributed by atoms with E-state index in [0.717, 1.165) is 35.1 Å². The Hall–Kier alpha value is -3.01. The fourth-order valence-corrected chi connectivity index (χ4v) is 3.40. The molecular formula is C26H31NO3. The Morgan fingerprint density at radius 1 is 0.933 bits per heavy atom. The van der Waals surface area contributed by atoms with Gasteiger partial charge in [-0.2, -0.15) is 0 Å².